The average Bonchev–Trinajstić information content (AvgIpc) is 3.07. The molecule has 36 heavy (non-hydrogen) atoms. The fraction of sp³-hybridized carbons (Fsp3) is 0.906. The number of hydrogen-bond acceptors (Lipinski definition) is 4. The number of ketones is 1. The molecule has 0 amide bonds. The fourth-order valence-corrected chi connectivity index (χ4v) is 10.1. The van der Waals surface area contributed by atoms with Crippen molar-refractivity contribution < 1.29 is 19.7 Å². The van der Waals surface area contributed by atoms with Crippen LogP contribution >= 0.6 is 0 Å². The van der Waals surface area contributed by atoms with Crippen LogP contribution in [0, 0.1) is 45.3 Å². The van der Waals surface area contributed by atoms with Crippen molar-refractivity contribution >= 4 is 5.78 Å². The van der Waals surface area contributed by atoms with Gasteiger partial charge in [0.1, 0.15) is 11.9 Å². The smallest absolute Gasteiger partial charge is 0.138 e. The summed E-state index contributed by atoms with van der Waals surface area (Å²) < 4.78 is 5.74. The summed E-state index contributed by atoms with van der Waals surface area (Å²) in [5.74, 6) is 2.33. The number of carbonyl (C=O) groups excluding carboxylic acids is 1. The van der Waals surface area contributed by atoms with Crippen LogP contribution in [-0.4, -0.2) is 40.4 Å². The monoisotopic (exact) mass is 502 g/mol. The quantitative estimate of drug-likeness (QED) is 0.379. The van der Waals surface area contributed by atoms with Gasteiger partial charge in [-0.05, 0) is 106 Å². The van der Waals surface area contributed by atoms with Crippen LogP contribution in [0.25, 0.3) is 0 Å². The number of rotatable bonds is 7. The van der Waals surface area contributed by atoms with Gasteiger partial charge in [-0.25, -0.2) is 0 Å². The van der Waals surface area contributed by atoms with E-state index in [2.05, 4.69) is 47.6 Å². The highest BCUT2D eigenvalue weighted by Crippen LogP contribution is 2.73. The van der Waals surface area contributed by atoms with E-state index in [0.29, 0.717) is 42.5 Å². The van der Waals surface area contributed by atoms with Gasteiger partial charge >= 0.3 is 0 Å². The molecule has 4 nitrogen and oxygen atoms in total. The van der Waals surface area contributed by atoms with E-state index in [4.69, 9.17) is 4.74 Å². The van der Waals surface area contributed by atoms with Crippen LogP contribution in [-0.2, 0) is 9.53 Å². The van der Waals surface area contributed by atoms with Gasteiger partial charge in [0, 0.05) is 18.4 Å². The Morgan fingerprint density at radius 1 is 1.08 bits per heavy atom. The first kappa shape index (κ1) is 28.3. The lowest BCUT2D eigenvalue weighted by Gasteiger charge is -2.63. The minimum absolute atomic E-state index is 0.169. The third-order valence-electron chi connectivity index (χ3n) is 12.5. The van der Waals surface area contributed by atoms with E-state index < -0.39 is 17.8 Å². The lowest BCUT2D eigenvalue weighted by atomic mass is 9.41. The van der Waals surface area contributed by atoms with Crippen molar-refractivity contribution in [3.8, 4) is 0 Å². The molecule has 3 saturated carbocycles. The molecule has 2 N–H and O–H groups in total. The number of Topliss-reactive ketones (excluding diaryl/α,β-unsaturated/α-hetero) is 1. The van der Waals surface area contributed by atoms with E-state index >= 15 is 0 Å². The lowest BCUT2D eigenvalue weighted by molar-refractivity contribution is -0.147. The predicted octanol–water partition coefficient (Wildman–Crippen LogP) is 6.72. The Morgan fingerprint density at radius 3 is 2.39 bits per heavy atom. The number of aliphatic hydroxyl groups excluding tert-OH is 2. The van der Waals surface area contributed by atoms with Crippen molar-refractivity contribution in [3.05, 3.63) is 11.6 Å². The Hall–Kier alpha value is -0.710. The molecule has 0 spiro atoms. The predicted molar refractivity (Wildman–Crippen MR) is 145 cm³/mol. The van der Waals surface area contributed by atoms with Gasteiger partial charge in [0.05, 0.1) is 11.7 Å². The molecular weight excluding hydrogens is 448 g/mol. The van der Waals surface area contributed by atoms with Crippen molar-refractivity contribution in [1.82, 2.24) is 0 Å². The second kappa shape index (κ2) is 9.19. The molecule has 0 aromatic rings. The molecule has 4 heteroatoms. The first-order valence-electron chi connectivity index (χ1n) is 14.8. The topological polar surface area (TPSA) is 66.8 Å². The average molecular weight is 503 g/mol. The van der Waals surface area contributed by atoms with Crippen LogP contribution in [0.5, 0.6) is 0 Å². The molecule has 0 aliphatic heterocycles. The molecule has 3 fully saturated rings. The maximum atomic E-state index is 12.9. The number of allylic oxidation sites excluding steroid dienone is 2. The van der Waals surface area contributed by atoms with Gasteiger partial charge in [0.25, 0.3) is 0 Å². The minimum Gasteiger partial charge on any atom is -0.390 e. The number of carbonyl (C=O) groups is 1. The molecule has 4 aliphatic rings. The van der Waals surface area contributed by atoms with E-state index in [9.17, 15) is 15.0 Å². The maximum absolute atomic E-state index is 12.9. The molecule has 0 aromatic carbocycles. The molecule has 0 saturated heterocycles. The molecule has 0 heterocycles. The van der Waals surface area contributed by atoms with Gasteiger partial charge in [-0.1, -0.05) is 53.2 Å². The van der Waals surface area contributed by atoms with Gasteiger partial charge in [-0.3, -0.25) is 4.79 Å². The molecular formula is C32H54O4. The summed E-state index contributed by atoms with van der Waals surface area (Å²) in [6.07, 6.45) is 9.09. The van der Waals surface area contributed by atoms with Crippen molar-refractivity contribution in [3.63, 3.8) is 0 Å². The summed E-state index contributed by atoms with van der Waals surface area (Å²) in [6, 6.07) is 0. The molecule has 4 rings (SSSR count). The fourth-order valence-electron chi connectivity index (χ4n) is 10.1. The SMILES string of the molecule is CCOC(C)(C)[C@@H](O)[C@H](O)C[C@H](C)[C@@H]1CC[C@]2(C)C3=CC[C@H]4C(C)(C)C(=O)CC[C@]4(C)[C@H]3CC[C@@]12C. The van der Waals surface area contributed by atoms with Gasteiger partial charge in [0.2, 0.25) is 0 Å². The number of hydrogen-bond donors (Lipinski definition) is 2. The summed E-state index contributed by atoms with van der Waals surface area (Å²) in [6.45, 7) is 20.4. The minimum atomic E-state index is -0.897. The lowest BCUT2D eigenvalue weighted by Crippen LogP contribution is -2.57. The largest absolute Gasteiger partial charge is 0.390 e. The first-order chi connectivity index (χ1) is 16.6. The molecule has 0 aromatic heterocycles. The van der Waals surface area contributed by atoms with E-state index in [1.54, 1.807) is 5.57 Å². The standard InChI is InChI=1S/C32H54O4/c1-10-36-29(5,6)27(35)24(33)19-20(2)21-13-17-32(9)23-11-12-25-28(3,4)26(34)15-16-30(25,7)22(23)14-18-31(21,32)8/h11,20-22,24-25,27,33,35H,10,12-19H2,1-9H3/t20-,21-,22-,24+,25-,27-,30+,31-,32+/m0/s1. The summed E-state index contributed by atoms with van der Waals surface area (Å²) in [7, 11) is 0. The van der Waals surface area contributed by atoms with Gasteiger partial charge in [0.15, 0.2) is 0 Å². The first-order valence-corrected chi connectivity index (χ1v) is 14.8. The van der Waals surface area contributed by atoms with Gasteiger partial charge < -0.3 is 14.9 Å². The van der Waals surface area contributed by atoms with E-state index in [0.717, 1.165) is 19.3 Å². The van der Waals surface area contributed by atoms with Crippen molar-refractivity contribution in [2.75, 3.05) is 6.61 Å². The van der Waals surface area contributed by atoms with Crippen molar-refractivity contribution in [2.24, 2.45) is 45.3 Å². The van der Waals surface area contributed by atoms with E-state index in [1.165, 1.54) is 25.7 Å². The summed E-state index contributed by atoms with van der Waals surface area (Å²) in [5.41, 5.74) is 1.28. The molecule has 0 radical (unpaired) electrons. The third-order valence-corrected chi connectivity index (χ3v) is 12.5. The molecule has 9 atom stereocenters. The van der Waals surface area contributed by atoms with Crippen LogP contribution in [0.3, 0.4) is 0 Å². The second-order valence-electron chi connectivity index (χ2n) is 14.8. The van der Waals surface area contributed by atoms with E-state index in [-0.39, 0.29) is 21.7 Å². The zero-order valence-electron chi connectivity index (χ0n) is 24.6. The molecule has 4 aliphatic carbocycles. The Bertz CT molecular complexity index is 889. The maximum Gasteiger partial charge on any atom is 0.138 e. The Kier molecular flexibility index (Phi) is 7.23. The van der Waals surface area contributed by atoms with Crippen LogP contribution in [0.4, 0.5) is 0 Å². The normalized spacial score (nSPS) is 42.6. The molecule has 0 bridgehead atoms. The van der Waals surface area contributed by atoms with Crippen LogP contribution in [0.2, 0.25) is 0 Å². The zero-order valence-corrected chi connectivity index (χ0v) is 24.6. The Labute approximate surface area is 220 Å². The van der Waals surface area contributed by atoms with Crippen LogP contribution in [0.1, 0.15) is 114 Å². The Balaban J connectivity index is 1.57. The number of fused-ring (bicyclic) bond motifs is 5. The second-order valence-corrected chi connectivity index (χ2v) is 14.8. The third kappa shape index (κ3) is 3.99. The number of aliphatic hydroxyl groups is 2. The van der Waals surface area contributed by atoms with Gasteiger partial charge in [-0.15, -0.1) is 0 Å². The zero-order chi connectivity index (χ0) is 26.9. The highest BCUT2D eigenvalue weighted by molar-refractivity contribution is 5.85. The Morgan fingerprint density at radius 2 is 1.75 bits per heavy atom. The summed E-state index contributed by atoms with van der Waals surface area (Å²) in [4.78, 5) is 12.9. The van der Waals surface area contributed by atoms with Crippen LogP contribution in [0.15, 0.2) is 11.6 Å². The summed E-state index contributed by atoms with van der Waals surface area (Å²) in [5, 5.41) is 21.9. The molecule has 206 valence electrons. The van der Waals surface area contributed by atoms with Crippen LogP contribution < -0.4 is 0 Å². The van der Waals surface area contributed by atoms with Crippen molar-refractivity contribution in [1.29, 1.82) is 0 Å². The summed E-state index contributed by atoms with van der Waals surface area (Å²) >= 11 is 0. The van der Waals surface area contributed by atoms with Crippen molar-refractivity contribution in [2.45, 2.75) is 131 Å². The highest BCUT2D eigenvalue weighted by Gasteiger charge is 2.65. The highest BCUT2D eigenvalue weighted by atomic mass is 16.5. The molecule has 0 unspecified atom stereocenters. The van der Waals surface area contributed by atoms with E-state index in [1.807, 2.05) is 20.8 Å². The van der Waals surface area contributed by atoms with Gasteiger partial charge in [-0.2, -0.15) is 0 Å². The number of ether oxygens (including phenoxy) is 1.